The first-order valence-corrected chi connectivity index (χ1v) is 8.52. The molecule has 0 aromatic carbocycles. The van der Waals surface area contributed by atoms with Gasteiger partial charge in [0.05, 0.1) is 11.4 Å². The number of sulfone groups is 1. The van der Waals surface area contributed by atoms with Crippen LogP contribution >= 0.6 is 0 Å². The second-order valence-electron chi connectivity index (χ2n) is 5.05. The van der Waals surface area contributed by atoms with E-state index in [9.17, 15) is 8.42 Å². The Morgan fingerprint density at radius 3 is 2.48 bits per heavy atom. The van der Waals surface area contributed by atoms with Gasteiger partial charge in [-0.2, -0.15) is 4.98 Å². The summed E-state index contributed by atoms with van der Waals surface area (Å²) in [5.74, 6) is 1.03. The summed E-state index contributed by atoms with van der Waals surface area (Å²) in [6, 6.07) is 0. The van der Waals surface area contributed by atoms with Gasteiger partial charge in [0.15, 0.2) is 15.7 Å². The van der Waals surface area contributed by atoms with Gasteiger partial charge in [0.25, 0.3) is 0 Å². The minimum Gasteiger partial charge on any atom is -0.361 e. The van der Waals surface area contributed by atoms with E-state index in [0.29, 0.717) is 29.3 Å². The third-order valence-corrected chi connectivity index (χ3v) is 5.34. The van der Waals surface area contributed by atoms with Crippen LogP contribution in [0.15, 0.2) is 9.05 Å². The molecule has 0 spiro atoms. The number of aromatic nitrogens is 3. The van der Waals surface area contributed by atoms with Crippen LogP contribution in [-0.4, -0.2) is 23.7 Å². The SMILES string of the molecule is CCCc1noc(C(C)S(=O)(=O)Cc2c(C)noc2C)n1. The summed E-state index contributed by atoms with van der Waals surface area (Å²) in [6.45, 7) is 6.96. The van der Waals surface area contributed by atoms with Crippen molar-refractivity contribution in [3.05, 3.63) is 28.7 Å². The molecule has 8 heteroatoms. The molecule has 2 rings (SSSR count). The van der Waals surface area contributed by atoms with Crippen molar-refractivity contribution in [2.24, 2.45) is 0 Å². The fourth-order valence-electron chi connectivity index (χ4n) is 1.95. The van der Waals surface area contributed by atoms with Crippen molar-refractivity contribution < 1.29 is 17.5 Å². The van der Waals surface area contributed by atoms with Gasteiger partial charge in [-0.1, -0.05) is 17.2 Å². The quantitative estimate of drug-likeness (QED) is 0.806. The average Bonchev–Trinajstić information content (AvgIpc) is 3.00. The topological polar surface area (TPSA) is 99.1 Å². The van der Waals surface area contributed by atoms with Gasteiger partial charge in [0.2, 0.25) is 5.89 Å². The first-order chi connectivity index (χ1) is 9.85. The standard InChI is InChI=1S/C13H19N3O4S/c1-5-6-12-14-13(20-16-12)10(4)21(17,18)7-11-8(2)15-19-9(11)3/h10H,5-7H2,1-4H3. The number of nitrogens with zero attached hydrogens (tertiary/aromatic N) is 3. The highest BCUT2D eigenvalue weighted by molar-refractivity contribution is 7.90. The highest BCUT2D eigenvalue weighted by Crippen LogP contribution is 2.26. The number of hydrogen-bond donors (Lipinski definition) is 0. The van der Waals surface area contributed by atoms with E-state index in [2.05, 4.69) is 15.3 Å². The van der Waals surface area contributed by atoms with E-state index in [0.717, 1.165) is 6.42 Å². The monoisotopic (exact) mass is 313 g/mol. The predicted octanol–water partition coefficient (Wildman–Crippen LogP) is 2.30. The lowest BCUT2D eigenvalue weighted by Gasteiger charge is -2.08. The van der Waals surface area contributed by atoms with Gasteiger partial charge in [-0.05, 0) is 27.2 Å². The van der Waals surface area contributed by atoms with E-state index in [1.54, 1.807) is 20.8 Å². The smallest absolute Gasteiger partial charge is 0.244 e. The van der Waals surface area contributed by atoms with Crippen molar-refractivity contribution in [2.75, 3.05) is 0 Å². The molecule has 116 valence electrons. The van der Waals surface area contributed by atoms with E-state index in [1.165, 1.54) is 0 Å². The molecule has 0 aliphatic rings. The lowest BCUT2D eigenvalue weighted by molar-refractivity contribution is 0.371. The minimum absolute atomic E-state index is 0.130. The molecular formula is C13H19N3O4S. The Bertz CT molecular complexity index is 698. The number of hydrogen-bond acceptors (Lipinski definition) is 7. The normalized spacial score (nSPS) is 13.5. The number of aryl methyl sites for hydroxylation is 3. The van der Waals surface area contributed by atoms with Crippen LogP contribution in [-0.2, 0) is 22.0 Å². The molecule has 1 unspecified atom stereocenters. The summed E-state index contributed by atoms with van der Waals surface area (Å²) < 4.78 is 35.0. The maximum absolute atomic E-state index is 12.5. The molecule has 0 aliphatic heterocycles. The third kappa shape index (κ3) is 3.31. The largest absolute Gasteiger partial charge is 0.361 e. The zero-order valence-electron chi connectivity index (χ0n) is 12.6. The summed E-state index contributed by atoms with van der Waals surface area (Å²) in [6.07, 6.45) is 1.54. The van der Waals surface area contributed by atoms with E-state index < -0.39 is 15.1 Å². The molecule has 7 nitrogen and oxygen atoms in total. The fraction of sp³-hybridized carbons (Fsp3) is 0.615. The van der Waals surface area contributed by atoms with Crippen molar-refractivity contribution in [3.63, 3.8) is 0 Å². The summed E-state index contributed by atoms with van der Waals surface area (Å²) in [5.41, 5.74) is 1.18. The van der Waals surface area contributed by atoms with E-state index in [-0.39, 0.29) is 11.6 Å². The van der Waals surface area contributed by atoms with Crippen molar-refractivity contribution in [1.82, 2.24) is 15.3 Å². The lowest BCUT2D eigenvalue weighted by atomic mass is 10.2. The van der Waals surface area contributed by atoms with Gasteiger partial charge >= 0.3 is 0 Å². The first-order valence-electron chi connectivity index (χ1n) is 6.81. The van der Waals surface area contributed by atoms with E-state index in [1.807, 2.05) is 6.92 Å². The summed E-state index contributed by atoms with van der Waals surface area (Å²) >= 11 is 0. The summed E-state index contributed by atoms with van der Waals surface area (Å²) in [5, 5.41) is 6.70. The third-order valence-electron chi connectivity index (χ3n) is 3.37. The van der Waals surface area contributed by atoms with Crippen molar-refractivity contribution in [1.29, 1.82) is 0 Å². The lowest BCUT2D eigenvalue weighted by Crippen LogP contribution is -2.14. The highest BCUT2D eigenvalue weighted by Gasteiger charge is 2.30. The Kier molecular flexibility index (Phi) is 4.46. The maximum Gasteiger partial charge on any atom is 0.244 e. The zero-order valence-corrected chi connectivity index (χ0v) is 13.4. The molecule has 2 aromatic rings. The molecule has 0 saturated heterocycles. The highest BCUT2D eigenvalue weighted by atomic mass is 32.2. The Hall–Kier alpha value is -1.70. The molecule has 0 aliphatic carbocycles. The molecule has 0 radical (unpaired) electrons. The van der Waals surface area contributed by atoms with Gasteiger partial charge in [0, 0.05) is 12.0 Å². The van der Waals surface area contributed by atoms with E-state index >= 15 is 0 Å². The van der Waals surface area contributed by atoms with Crippen molar-refractivity contribution >= 4 is 9.84 Å². The second-order valence-corrected chi connectivity index (χ2v) is 7.37. The Morgan fingerprint density at radius 2 is 1.90 bits per heavy atom. The van der Waals surface area contributed by atoms with Crippen LogP contribution in [0.1, 0.15) is 54.3 Å². The predicted molar refractivity (Wildman–Crippen MR) is 75.3 cm³/mol. The van der Waals surface area contributed by atoms with Gasteiger partial charge in [-0.15, -0.1) is 0 Å². The molecule has 2 aromatic heterocycles. The zero-order chi connectivity index (χ0) is 15.6. The molecule has 0 amide bonds. The molecule has 0 bridgehead atoms. The van der Waals surface area contributed by atoms with E-state index in [4.69, 9.17) is 9.05 Å². The summed E-state index contributed by atoms with van der Waals surface area (Å²) in [4.78, 5) is 4.14. The molecule has 2 heterocycles. The molecular weight excluding hydrogens is 294 g/mol. The molecule has 0 saturated carbocycles. The van der Waals surface area contributed by atoms with Crippen LogP contribution in [0.5, 0.6) is 0 Å². The Labute approximate surface area is 123 Å². The average molecular weight is 313 g/mol. The molecule has 0 fully saturated rings. The van der Waals surface area contributed by atoms with Crippen LogP contribution in [0, 0.1) is 13.8 Å². The molecule has 0 N–H and O–H groups in total. The van der Waals surface area contributed by atoms with Gasteiger partial charge in [-0.25, -0.2) is 8.42 Å². The first kappa shape index (κ1) is 15.7. The number of rotatable bonds is 6. The second kappa shape index (κ2) is 5.97. The summed E-state index contributed by atoms with van der Waals surface area (Å²) in [7, 11) is -3.48. The van der Waals surface area contributed by atoms with Crippen LogP contribution in [0.3, 0.4) is 0 Å². The maximum atomic E-state index is 12.5. The van der Waals surface area contributed by atoms with Crippen LogP contribution < -0.4 is 0 Å². The van der Waals surface area contributed by atoms with Crippen LogP contribution in [0.25, 0.3) is 0 Å². The van der Waals surface area contributed by atoms with Crippen LogP contribution in [0.2, 0.25) is 0 Å². The van der Waals surface area contributed by atoms with Gasteiger partial charge < -0.3 is 9.05 Å². The Balaban J connectivity index is 2.22. The molecule has 21 heavy (non-hydrogen) atoms. The van der Waals surface area contributed by atoms with Gasteiger partial charge in [0.1, 0.15) is 11.0 Å². The molecule has 1 atom stereocenters. The van der Waals surface area contributed by atoms with Crippen LogP contribution in [0.4, 0.5) is 0 Å². The fourth-order valence-corrected chi connectivity index (χ4v) is 3.41. The van der Waals surface area contributed by atoms with Crippen molar-refractivity contribution in [3.8, 4) is 0 Å². The van der Waals surface area contributed by atoms with Crippen molar-refractivity contribution in [2.45, 2.75) is 51.5 Å². The van der Waals surface area contributed by atoms with Gasteiger partial charge in [-0.3, -0.25) is 0 Å². The minimum atomic E-state index is -3.48. The Morgan fingerprint density at radius 1 is 1.19 bits per heavy atom.